The molecule has 3 aromatic rings. The number of anilines is 1. The number of ether oxygens (including phenoxy) is 1. The Morgan fingerprint density at radius 3 is 2.45 bits per heavy atom. The molecule has 3 aromatic carbocycles. The first-order valence-electron chi connectivity index (χ1n) is 10.1. The Labute approximate surface area is 187 Å². The molecule has 1 amide bonds. The fourth-order valence-electron chi connectivity index (χ4n) is 3.50. The van der Waals surface area contributed by atoms with Crippen molar-refractivity contribution < 1.29 is 9.53 Å². The molecule has 1 aliphatic heterocycles. The van der Waals surface area contributed by atoms with Crippen LogP contribution in [-0.2, 0) is 16.9 Å². The van der Waals surface area contributed by atoms with Crippen LogP contribution in [0.15, 0.2) is 83.9 Å². The molecule has 4 rings (SSSR count). The molecule has 5 nitrogen and oxygen atoms in total. The predicted molar refractivity (Wildman–Crippen MR) is 127 cm³/mol. The smallest absolute Gasteiger partial charge is 0.279 e. The standard InChI is InChI=1S/C25H25N3O2S/c1-18-8-7-9-19(16-18)17-30-22-14-12-20(13-15-22)25(2)23(29)28(24(26-25)31-3)27-21-10-5-4-6-11-21/h4-16,27H,17H2,1-3H3/t25-/m1/s1. The van der Waals surface area contributed by atoms with Crippen LogP contribution in [0.2, 0.25) is 0 Å². The van der Waals surface area contributed by atoms with E-state index >= 15 is 0 Å². The molecule has 6 heteroatoms. The summed E-state index contributed by atoms with van der Waals surface area (Å²) in [6, 6.07) is 25.5. The molecule has 158 valence electrons. The first-order valence-corrected chi connectivity index (χ1v) is 11.3. The van der Waals surface area contributed by atoms with Gasteiger partial charge in [0.1, 0.15) is 12.4 Å². The quantitative estimate of drug-likeness (QED) is 0.569. The zero-order chi connectivity index (χ0) is 21.8. The van der Waals surface area contributed by atoms with E-state index in [-0.39, 0.29) is 5.91 Å². The van der Waals surface area contributed by atoms with Crippen LogP contribution in [-0.4, -0.2) is 22.3 Å². The van der Waals surface area contributed by atoms with Crippen molar-refractivity contribution in [2.45, 2.75) is 26.0 Å². The number of thioether (sulfide) groups is 1. The van der Waals surface area contributed by atoms with Gasteiger partial charge < -0.3 is 4.74 Å². The summed E-state index contributed by atoms with van der Waals surface area (Å²) >= 11 is 1.44. The minimum Gasteiger partial charge on any atom is -0.489 e. The molecule has 0 fully saturated rings. The summed E-state index contributed by atoms with van der Waals surface area (Å²) in [5.41, 5.74) is 6.18. The number of benzene rings is 3. The van der Waals surface area contributed by atoms with Crippen molar-refractivity contribution in [1.29, 1.82) is 0 Å². The van der Waals surface area contributed by atoms with Gasteiger partial charge in [-0.05, 0) is 55.5 Å². The Balaban J connectivity index is 1.50. The van der Waals surface area contributed by atoms with E-state index in [0.29, 0.717) is 11.8 Å². The second-order valence-electron chi connectivity index (χ2n) is 7.59. The van der Waals surface area contributed by atoms with E-state index < -0.39 is 5.54 Å². The highest BCUT2D eigenvalue weighted by Gasteiger charge is 2.46. The molecule has 0 aromatic heterocycles. The van der Waals surface area contributed by atoms with Gasteiger partial charge in [-0.1, -0.05) is 71.9 Å². The largest absolute Gasteiger partial charge is 0.489 e. The predicted octanol–water partition coefficient (Wildman–Crippen LogP) is 5.38. The molecule has 1 N–H and O–H groups in total. The van der Waals surface area contributed by atoms with E-state index in [1.54, 1.807) is 0 Å². The van der Waals surface area contributed by atoms with Crippen molar-refractivity contribution in [2.24, 2.45) is 4.99 Å². The molecule has 0 saturated carbocycles. The zero-order valence-corrected chi connectivity index (χ0v) is 18.6. The van der Waals surface area contributed by atoms with Gasteiger partial charge in [-0.15, -0.1) is 0 Å². The number of para-hydroxylation sites is 1. The van der Waals surface area contributed by atoms with Crippen LogP contribution in [0, 0.1) is 6.92 Å². The monoisotopic (exact) mass is 431 g/mol. The Hall–Kier alpha value is -3.25. The fourth-order valence-corrected chi connectivity index (χ4v) is 4.09. The van der Waals surface area contributed by atoms with Crippen LogP contribution in [0.25, 0.3) is 0 Å². The van der Waals surface area contributed by atoms with Crippen molar-refractivity contribution in [3.8, 4) is 5.75 Å². The molecule has 0 aliphatic carbocycles. The highest BCUT2D eigenvalue weighted by atomic mass is 32.2. The van der Waals surface area contributed by atoms with Crippen LogP contribution in [0.1, 0.15) is 23.6 Å². The van der Waals surface area contributed by atoms with Crippen molar-refractivity contribution in [3.05, 3.63) is 95.6 Å². The summed E-state index contributed by atoms with van der Waals surface area (Å²) in [5.74, 6) is 0.641. The number of nitrogens with one attached hydrogen (secondary N) is 1. The van der Waals surface area contributed by atoms with Gasteiger partial charge in [-0.2, -0.15) is 5.01 Å². The normalized spacial score (nSPS) is 18.1. The van der Waals surface area contributed by atoms with Crippen molar-refractivity contribution in [1.82, 2.24) is 5.01 Å². The van der Waals surface area contributed by atoms with Crippen LogP contribution >= 0.6 is 11.8 Å². The van der Waals surface area contributed by atoms with Crippen LogP contribution < -0.4 is 10.2 Å². The number of aliphatic imine (C=N–C) groups is 1. The lowest BCUT2D eigenvalue weighted by Gasteiger charge is -2.24. The number of carbonyl (C=O) groups is 1. The highest BCUT2D eigenvalue weighted by molar-refractivity contribution is 8.13. The third-order valence-corrected chi connectivity index (χ3v) is 5.87. The first kappa shape index (κ1) is 21.0. The van der Waals surface area contributed by atoms with Gasteiger partial charge in [-0.3, -0.25) is 10.2 Å². The number of hydrazine groups is 1. The van der Waals surface area contributed by atoms with Gasteiger partial charge in [0.2, 0.25) is 0 Å². The SMILES string of the molecule is CSC1=N[C@](C)(c2ccc(OCc3cccc(C)c3)cc2)C(=O)N1Nc1ccccc1. The first-order chi connectivity index (χ1) is 15.0. The lowest BCUT2D eigenvalue weighted by atomic mass is 9.92. The average molecular weight is 432 g/mol. The maximum atomic E-state index is 13.3. The molecule has 1 aliphatic rings. The van der Waals surface area contributed by atoms with E-state index in [9.17, 15) is 4.79 Å². The van der Waals surface area contributed by atoms with E-state index in [1.807, 2.05) is 79.9 Å². The topological polar surface area (TPSA) is 53.9 Å². The number of hydrogen-bond donors (Lipinski definition) is 1. The minimum absolute atomic E-state index is 0.117. The molecule has 0 unspecified atom stereocenters. The Morgan fingerprint density at radius 1 is 1.03 bits per heavy atom. The summed E-state index contributed by atoms with van der Waals surface area (Å²) in [5, 5.41) is 2.17. The molecule has 0 radical (unpaired) electrons. The number of hydrogen-bond acceptors (Lipinski definition) is 5. The van der Waals surface area contributed by atoms with Crippen molar-refractivity contribution in [3.63, 3.8) is 0 Å². The Morgan fingerprint density at radius 2 is 1.77 bits per heavy atom. The second kappa shape index (κ2) is 8.86. The molecule has 0 saturated heterocycles. The molecule has 0 bridgehead atoms. The van der Waals surface area contributed by atoms with Gasteiger partial charge in [0.25, 0.3) is 5.91 Å². The summed E-state index contributed by atoms with van der Waals surface area (Å²) in [6.45, 7) is 4.42. The molecule has 31 heavy (non-hydrogen) atoms. The summed E-state index contributed by atoms with van der Waals surface area (Å²) in [6.07, 6.45) is 1.92. The van der Waals surface area contributed by atoms with Crippen molar-refractivity contribution in [2.75, 3.05) is 11.7 Å². The number of rotatable bonds is 6. The van der Waals surface area contributed by atoms with E-state index in [4.69, 9.17) is 9.73 Å². The van der Waals surface area contributed by atoms with Gasteiger partial charge >= 0.3 is 0 Å². The summed E-state index contributed by atoms with van der Waals surface area (Å²) in [7, 11) is 0. The van der Waals surface area contributed by atoms with Gasteiger partial charge in [0.15, 0.2) is 10.7 Å². The Bertz CT molecular complexity index is 1100. The molecule has 1 heterocycles. The molecule has 1 atom stereocenters. The third kappa shape index (κ3) is 4.44. The maximum absolute atomic E-state index is 13.3. The zero-order valence-electron chi connectivity index (χ0n) is 17.8. The van der Waals surface area contributed by atoms with Crippen LogP contribution in [0.3, 0.4) is 0 Å². The van der Waals surface area contributed by atoms with E-state index in [2.05, 4.69) is 24.5 Å². The highest BCUT2D eigenvalue weighted by Crippen LogP contribution is 2.36. The van der Waals surface area contributed by atoms with Gasteiger partial charge in [-0.25, -0.2) is 4.99 Å². The average Bonchev–Trinajstić information content (AvgIpc) is 3.04. The number of aryl methyl sites for hydroxylation is 1. The van der Waals surface area contributed by atoms with Gasteiger partial charge in [0, 0.05) is 0 Å². The summed E-state index contributed by atoms with van der Waals surface area (Å²) < 4.78 is 5.92. The van der Waals surface area contributed by atoms with E-state index in [0.717, 1.165) is 22.6 Å². The lowest BCUT2D eigenvalue weighted by Crippen LogP contribution is -2.42. The summed E-state index contributed by atoms with van der Waals surface area (Å²) in [4.78, 5) is 18.1. The minimum atomic E-state index is -0.991. The Kier molecular flexibility index (Phi) is 6.00. The van der Waals surface area contributed by atoms with Crippen LogP contribution in [0.4, 0.5) is 5.69 Å². The number of carbonyl (C=O) groups excluding carboxylic acids is 1. The lowest BCUT2D eigenvalue weighted by molar-refractivity contribution is -0.129. The van der Waals surface area contributed by atoms with Gasteiger partial charge in [0.05, 0.1) is 5.69 Å². The number of amides is 1. The fraction of sp³-hybridized carbons (Fsp3) is 0.200. The number of amidine groups is 1. The number of nitrogens with zero attached hydrogens (tertiary/aromatic N) is 2. The maximum Gasteiger partial charge on any atom is 0.279 e. The second-order valence-corrected chi connectivity index (χ2v) is 8.36. The van der Waals surface area contributed by atoms with Crippen LogP contribution in [0.5, 0.6) is 5.75 Å². The third-order valence-electron chi connectivity index (χ3n) is 5.23. The van der Waals surface area contributed by atoms with Crippen molar-refractivity contribution >= 4 is 28.5 Å². The molecule has 0 spiro atoms. The molecular weight excluding hydrogens is 406 g/mol. The van der Waals surface area contributed by atoms with E-state index in [1.165, 1.54) is 22.3 Å². The molecular formula is C25H25N3O2S.